The summed E-state index contributed by atoms with van der Waals surface area (Å²) in [6.45, 7) is 4.08. The molecule has 2 aromatic carbocycles. The number of nitrogens with one attached hydrogen (secondary N) is 2. The van der Waals surface area contributed by atoms with Crippen molar-refractivity contribution in [1.82, 2.24) is 0 Å². The Kier molecular flexibility index (Phi) is 6.42. The van der Waals surface area contributed by atoms with Crippen molar-refractivity contribution in [2.24, 2.45) is 0 Å². The van der Waals surface area contributed by atoms with E-state index in [4.69, 9.17) is 21.1 Å². The van der Waals surface area contributed by atoms with Crippen LogP contribution in [0.4, 0.5) is 11.4 Å². The zero-order valence-corrected chi connectivity index (χ0v) is 16.4. The summed E-state index contributed by atoms with van der Waals surface area (Å²) in [7, 11) is 3.24. The van der Waals surface area contributed by atoms with Gasteiger partial charge < -0.3 is 24.6 Å². The molecule has 1 saturated heterocycles. The molecule has 0 radical (unpaired) electrons. The van der Waals surface area contributed by atoms with E-state index in [0.29, 0.717) is 23.0 Å². The molecule has 6 nitrogen and oxygen atoms in total. The first-order valence-corrected chi connectivity index (χ1v) is 9.33. The highest BCUT2D eigenvalue weighted by Gasteiger charge is 2.22. The Labute approximate surface area is 164 Å². The minimum Gasteiger partial charge on any atom is -0.497 e. The van der Waals surface area contributed by atoms with Gasteiger partial charge in [0.15, 0.2) is 6.54 Å². The third-order valence-corrected chi connectivity index (χ3v) is 5.03. The summed E-state index contributed by atoms with van der Waals surface area (Å²) in [4.78, 5) is 15.9. The molecule has 7 heteroatoms. The van der Waals surface area contributed by atoms with Crippen molar-refractivity contribution in [3.63, 3.8) is 0 Å². The van der Waals surface area contributed by atoms with Gasteiger partial charge in [-0.3, -0.25) is 4.79 Å². The number of halogens is 1. The molecule has 0 bridgehead atoms. The lowest BCUT2D eigenvalue weighted by Gasteiger charge is -2.33. The maximum Gasteiger partial charge on any atom is 0.279 e. The van der Waals surface area contributed by atoms with Gasteiger partial charge >= 0.3 is 0 Å². The van der Waals surface area contributed by atoms with Crippen molar-refractivity contribution in [3.05, 3.63) is 47.5 Å². The van der Waals surface area contributed by atoms with E-state index in [1.807, 2.05) is 18.2 Å². The second-order valence-electron chi connectivity index (χ2n) is 6.51. The van der Waals surface area contributed by atoms with Crippen LogP contribution < -0.4 is 24.6 Å². The number of benzene rings is 2. The van der Waals surface area contributed by atoms with E-state index in [9.17, 15) is 4.79 Å². The molecule has 1 amide bonds. The number of carbonyl (C=O) groups excluding carboxylic acids is 1. The number of amides is 1. The van der Waals surface area contributed by atoms with Crippen molar-refractivity contribution in [2.45, 2.75) is 0 Å². The summed E-state index contributed by atoms with van der Waals surface area (Å²) in [5, 5.41) is 3.39. The summed E-state index contributed by atoms with van der Waals surface area (Å²) >= 11 is 6.10. The summed E-state index contributed by atoms with van der Waals surface area (Å²) in [6, 6.07) is 13.3. The smallest absolute Gasteiger partial charge is 0.279 e. The third kappa shape index (κ3) is 5.05. The Bertz CT molecular complexity index is 792. The first kappa shape index (κ1) is 19.3. The number of anilines is 2. The van der Waals surface area contributed by atoms with Gasteiger partial charge in [0.1, 0.15) is 11.5 Å². The van der Waals surface area contributed by atoms with Gasteiger partial charge in [-0.25, -0.2) is 0 Å². The van der Waals surface area contributed by atoms with Gasteiger partial charge in [-0.1, -0.05) is 17.7 Å². The van der Waals surface area contributed by atoms with Crippen molar-refractivity contribution in [3.8, 4) is 11.5 Å². The average Bonchev–Trinajstić information content (AvgIpc) is 2.68. The van der Waals surface area contributed by atoms with Gasteiger partial charge in [0, 0.05) is 17.4 Å². The maximum absolute atomic E-state index is 12.3. The zero-order valence-electron chi connectivity index (χ0n) is 15.6. The summed E-state index contributed by atoms with van der Waals surface area (Å²) in [5.41, 5.74) is 1.84. The monoisotopic (exact) mass is 390 g/mol. The lowest BCUT2D eigenvalue weighted by Crippen LogP contribution is -3.15. The van der Waals surface area contributed by atoms with E-state index < -0.39 is 0 Å². The highest BCUT2D eigenvalue weighted by atomic mass is 35.5. The van der Waals surface area contributed by atoms with Gasteiger partial charge in [0.2, 0.25) is 0 Å². The van der Waals surface area contributed by atoms with E-state index in [1.165, 1.54) is 4.90 Å². The first-order valence-electron chi connectivity index (χ1n) is 8.95. The number of carbonyl (C=O) groups is 1. The molecule has 1 fully saturated rings. The second kappa shape index (κ2) is 8.97. The first-order chi connectivity index (χ1) is 13.1. The van der Waals surface area contributed by atoms with Crippen LogP contribution in [0.15, 0.2) is 42.5 Å². The van der Waals surface area contributed by atoms with Crippen LogP contribution in [0.25, 0.3) is 0 Å². The van der Waals surface area contributed by atoms with Crippen LogP contribution in [0.5, 0.6) is 11.5 Å². The normalized spacial score (nSPS) is 14.7. The van der Waals surface area contributed by atoms with E-state index in [2.05, 4.69) is 16.3 Å². The van der Waals surface area contributed by atoms with Crippen LogP contribution in [0, 0.1) is 0 Å². The number of methoxy groups -OCH3 is 2. The van der Waals surface area contributed by atoms with Gasteiger partial charge in [0.05, 0.1) is 45.4 Å². The van der Waals surface area contributed by atoms with Crippen LogP contribution in [-0.2, 0) is 4.79 Å². The molecule has 0 atom stereocenters. The van der Waals surface area contributed by atoms with Crippen LogP contribution in [-0.4, -0.2) is 52.9 Å². The summed E-state index contributed by atoms with van der Waals surface area (Å²) in [6.07, 6.45) is 0. The minimum atomic E-state index is -0.0129. The Balaban J connectivity index is 1.50. The highest BCUT2D eigenvalue weighted by molar-refractivity contribution is 6.32. The van der Waals surface area contributed by atoms with Crippen LogP contribution in [0.2, 0.25) is 5.02 Å². The Morgan fingerprint density at radius 3 is 2.59 bits per heavy atom. The third-order valence-electron chi connectivity index (χ3n) is 4.74. The number of quaternary nitrogens is 1. The van der Waals surface area contributed by atoms with Gasteiger partial charge in [-0.2, -0.15) is 0 Å². The number of nitrogens with zero attached hydrogens (tertiary/aromatic N) is 1. The number of hydrogen-bond donors (Lipinski definition) is 2. The largest absolute Gasteiger partial charge is 0.497 e. The second-order valence-corrected chi connectivity index (χ2v) is 6.92. The molecule has 0 unspecified atom stereocenters. The molecular formula is C20H25ClN3O3+. The fourth-order valence-electron chi connectivity index (χ4n) is 3.24. The van der Waals surface area contributed by atoms with Crippen molar-refractivity contribution in [2.75, 3.05) is 57.2 Å². The molecule has 0 spiro atoms. The summed E-state index contributed by atoms with van der Waals surface area (Å²) in [5.74, 6) is 1.44. The number of hydrogen-bond acceptors (Lipinski definition) is 4. The highest BCUT2D eigenvalue weighted by Crippen LogP contribution is 2.27. The number of ether oxygens (including phenoxy) is 2. The van der Waals surface area contributed by atoms with Crippen molar-refractivity contribution < 1.29 is 19.2 Å². The molecule has 144 valence electrons. The molecular weight excluding hydrogens is 366 g/mol. The van der Waals surface area contributed by atoms with Crippen LogP contribution in [0.3, 0.4) is 0 Å². The van der Waals surface area contributed by atoms with Gasteiger partial charge in [0.25, 0.3) is 5.91 Å². The molecule has 0 aromatic heterocycles. The Morgan fingerprint density at radius 2 is 1.93 bits per heavy atom. The van der Waals surface area contributed by atoms with E-state index in [-0.39, 0.29) is 5.91 Å². The molecule has 3 rings (SSSR count). The summed E-state index contributed by atoms with van der Waals surface area (Å²) < 4.78 is 10.4. The van der Waals surface area contributed by atoms with E-state index in [1.54, 1.807) is 32.4 Å². The molecule has 2 aromatic rings. The fourth-order valence-corrected chi connectivity index (χ4v) is 3.50. The number of piperazine rings is 1. The maximum atomic E-state index is 12.3. The minimum absolute atomic E-state index is 0.0129. The fraction of sp³-hybridized carbons (Fsp3) is 0.350. The molecule has 1 heterocycles. The lowest BCUT2D eigenvalue weighted by molar-refractivity contribution is -0.892. The SMILES string of the molecule is COc1cccc(N2CC[NH+](CC(=O)Nc3ccc(OC)c(Cl)c3)CC2)c1. The van der Waals surface area contributed by atoms with Crippen LogP contribution >= 0.6 is 11.6 Å². The van der Waals surface area contributed by atoms with Crippen LogP contribution in [0.1, 0.15) is 0 Å². The Hall–Kier alpha value is -2.44. The van der Waals surface area contributed by atoms with Gasteiger partial charge in [-0.05, 0) is 30.3 Å². The molecule has 0 aliphatic carbocycles. The Morgan fingerprint density at radius 1 is 1.15 bits per heavy atom. The average molecular weight is 391 g/mol. The molecule has 2 N–H and O–H groups in total. The van der Waals surface area contributed by atoms with E-state index >= 15 is 0 Å². The molecule has 1 aliphatic heterocycles. The van der Waals surface area contributed by atoms with Gasteiger partial charge in [-0.15, -0.1) is 0 Å². The topological polar surface area (TPSA) is 55.2 Å². The molecule has 0 saturated carbocycles. The predicted molar refractivity (Wildman–Crippen MR) is 107 cm³/mol. The van der Waals surface area contributed by atoms with Crippen molar-refractivity contribution in [1.29, 1.82) is 0 Å². The standard InChI is InChI=1S/C20H24ClN3O3/c1-26-17-5-3-4-16(13-17)24-10-8-23(9-11-24)14-20(25)22-15-6-7-19(27-2)18(21)12-15/h3-7,12-13H,8-11,14H2,1-2H3,(H,22,25)/p+1. The molecule has 1 aliphatic rings. The van der Waals surface area contributed by atoms with E-state index in [0.717, 1.165) is 37.6 Å². The van der Waals surface area contributed by atoms with Crippen molar-refractivity contribution >= 4 is 28.9 Å². The molecule has 27 heavy (non-hydrogen) atoms. The lowest BCUT2D eigenvalue weighted by atomic mass is 10.2. The predicted octanol–water partition coefficient (Wildman–Crippen LogP) is 1.70. The zero-order chi connectivity index (χ0) is 19.2. The quantitative estimate of drug-likeness (QED) is 0.788. The number of rotatable bonds is 6.